The Kier molecular flexibility index (Phi) is 5.39. The maximum absolute atomic E-state index is 13.3. The molecule has 2 aliphatic rings. The van der Waals surface area contributed by atoms with Crippen molar-refractivity contribution in [3.8, 4) is 0 Å². The van der Waals surface area contributed by atoms with Crippen LogP contribution in [0.1, 0.15) is 45.1 Å². The summed E-state index contributed by atoms with van der Waals surface area (Å²) in [4.78, 5) is 43.8. The number of urea groups is 1. The number of imide groups is 1. The predicted octanol–water partition coefficient (Wildman–Crippen LogP) is 2.93. The van der Waals surface area contributed by atoms with E-state index in [1.807, 2.05) is 24.3 Å². The van der Waals surface area contributed by atoms with Gasteiger partial charge in [-0.2, -0.15) is 0 Å². The molecule has 2 aromatic rings. The second-order valence-electron chi connectivity index (χ2n) is 7.36. The SMILES string of the molecule is C[C@@H](Sc1nc2ccccc2c(=O)n1C1CCCCC1)C(=O)N1CCNC1=O. The maximum Gasteiger partial charge on any atom is 0.324 e. The lowest BCUT2D eigenvalue weighted by molar-refractivity contribution is -0.126. The molecule has 0 spiro atoms. The minimum absolute atomic E-state index is 0.0430. The Morgan fingerprint density at radius 2 is 1.96 bits per heavy atom. The lowest BCUT2D eigenvalue weighted by Gasteiger charge is -2.27. The summed E-state index contributed by atoms with van der Waals surface area (Å²) >= 11 is 1.27. The topological polar surface area (TPSA) is 84.3 Å². The molecule has 148 valence electrons. The van der Waals surface area contributed by atoms with Crippen molar-refractivity contribution in [3.05, 3.63) is 34.6 Å². The van der Waals surface area contributed by atoms with Gasteiger partial charge >= 0.3 is 6.03 Å². The fraction of sp³-hybridized carbons (Fsp3) is 0.500. The molecule has 1 aromatic heterocycles. The summed E-state index contributed by atoms with van der Waals surface area (Å²) < 4.78 is 1.79. The van der Waals surface area contributed by atoms with Crippen molar-refractivity contribution in [2.75, 3.05) is 13.1 Å². The van der Waals surface area contributed by atoms with E-state index in [9.17, 15) is 14.4 Å². The monoisotopic (exact) mass is 400 g/mol. The number of carbonyl (C=O) groups is 2. The molecule has 8 heteroatoms. The molecule has 3 amide bonds. The third kappa shape index (κ3) is 3.53. The van der Waals surface area contributed by atoms with Crippen LogP contribution < -0.4 is 10.9 Å². The van der Waals surface area contributed by atoms with E-state index in [1.165, 1.54) is 23.1 Å². The van der Waals surface area contributed by atoms with Crippen molar-refractivity contribution in [2.24, 2.45) is 0 Å². The summed E-state index contributed by atoms with van der Waals surface area (Å²) in [5, 5.41) is 3.32. The molecule has 1 saturated carbocycles. The van der Waals surface area contributed by atoms with Crippen molar-refractivity contribution >= 4 is 34.6 Å². The Balaban J connectivity index is 1.71. The van der Waals surface area contributed by atoms with Gasteiger partial charge in [0.2, 0.25) is 5.91 Å². The molecule has 1 aliphatic heterocycles. The molecule has 0 radical (unpaired) electrons. The highest BCUT2D eigenvalue weighted by atomic mass is 32.2. The minimum atomic E-state index is -0.508. The fourth-order valence-electron chi connectivity index (χ4n) is 3.98. The Labute approximate surface area is 167 Å². The first kappa shape index (κ1) is 19.0. The van der Waals surface area contributed by atoms with Crippen molar-refractivity contribution in [3.63, 3.8) is 0 Å². The average molecular weight is 401 g/mol. The molecule has 28 heavy (non-hydrogen) atoms. The number of rotatable bonds is 4. The first-order valence-corrected chi connectivity index (χ1v) is 10.7. The molecular formula is C20H24N4O3S. The van der Waals surface area contributed by atoms with Crippen LogP contribution in [-0.2, 0) is 4.79 Å². The van der Waals surface area contributed by atoms with Crippen LogP contribution >= 0.6 is 11.8 Å². The van der Waals surface area contributed by atoms with Crippen LogP contribution in [0.15, 0.2) is 34.2 Å². The van der Waals surface area contributed by atoms with Crippen molar-refractivity contribution in [2.45, 2.75) is 55.5 Å². The Bertz CT molecular complexity index is 968. The number of hydrogen-bond acceptors (Lipinski definition) is 5. The van der Waals surface area contributed by atoms with Gasteiger partial charge < -0.3 is 5.32 Å². The van der Waals surface area contributed by atoms with E-state index >= 15 is 0 Å². The molecule has 0 bridgehead atoms. The van der Waals surface area contributed by atoms with Gasteiger partial charge in [0.25, 0.3) is 5.56 Å². The molecule has 2 heterocycles. The summed E-state index contributed by atoms with van der Waals surface area (Å²) in [6.45, 7) is 2.62. The van der Waals surface area contributed by atoms with Crippen molar-refractivity contribution < 1.29 is 9.59 Å². The molecule has 2 fully saturated rings. The largest absolute Gasteiger partial charge is 0.336 e. The van der Waals surface area contributed by atoms with E-state index in [4.69, 9.17) is 4.98 Å². The number of fused-ring (bicyclic) bond motifs is 1. The number of para-hydroxylation sites is 1. The Morgan fingerprint density at radius 3 is 2.68 bits per heavy atom. The van der Waals surface area contributed by atoms with Gasteiger partial charge in [-0.15, -0.1) is 0 Å². The smallest absolute Gasteiger partial charge is 0.324 e. The lowest BCUT2D eigenvalue weighted by atomic mass is 9.95. The van der Waals surface area contributed by atoms with Crippen molar-refractivity contribution in [1.82, 2.24) is 19.8 Å². The quantitative estimate of drug-likeness (QED) is 0.630. The van der Waals surface area contributed by atoms with Gasteiger partial charge in [0.05, 0.1) is 16.2 Å². The minimum Gasteiger partial charge on any atom is -0.336 e. The zero-order chi connectivity index (χ0) is 19.7. The molecular weight excluding hydrogens is 376 g/mol. The molecule has 1 N–H and O–H groups in total. The van der Waals surface area contributed by atoms with Crippen LogP contribution in [0.3, 0.4) is 0 Å². The number of nitrogens with one attached hydrogen (secondary N) is 1. The highest BCUT2D eigenvalue weighted by Gasteiger charge is 2.32. The number of amides is 3. The van der Waals surface area contributed by atoms with Gasteiger partial charge in [0, 0.05) is 19.1 Å². The van der Waals surface area contributed by atoms with Gasteiger partial charge in [-0.05, 0) is 31.9 Å². The molecule has 0 unspecified atom stereocenters. The van der Waals surface area contributed by atoms with E-state index in [2.05, 4.69) is 5.32 Å². The number of aromatic nitrogens is 2. The zero-order valence-electron chi connectivity index (χ0n) is 15.9. The van der Waals surface area contributed by atoms with Crippen LogP contribution in [-0.4, -0.2) is 44.7 Å². The standard InChI is InChI=1S/C20H24N4O3S/c1-13(17(25)23-12-11-21-19(23)27)28-20-22-16-10-6-5-9-15(16)18(26)24(20)14-7-3-2-4-8-14/h5-6,9-10,13-14H,2-4,7-8,11-12H2,1H3,(H,21,27)/t13-/m1/s1. The number of hydrogen-bond donors (Lipinski definition) is 1. The fourth-order valence-corrected chi connectivity index (χ4v) is 5.02. The van der Waals surface area contributed by atoms with Crippen LogP contribution in [0.5, 0.6) is 0 Å². The number of thioether (sulfide) groups is 1. The maximum atomic E-state index is 13.3. The highest BCUT2D eigenvalue weighted by Crippen LogP contribution is 2.32. The Morgan fingerprint density at radius 1 is 1.21 bits per heavy atom. The van der Waals surface area contributed by atoms with E-state index in [1.54, 1.807) is 11.5 Å². The summed E-state index contributed by atoms with van der Waals surface area (Å²) in [5.41, 5.74) is 0.596. The third-order valence-electron chi connectivity index (χ3n) is 5.47. The third-order valence-corrected chi connectivity index (χ3v) is 6.52. The normalized spacial score (nSPS) is 19.0. The number of carbonyl (C=O) groups excluding carboxylic acids is 2. The van der Waals surface area contributed by atoms with Crippen LogP contribution in [0.25, 0.3) is 10.9 Å². The molecule has 1 aliphatic carbocycles. The van der Waals surface area contributed by atoms with Gasteiger partial charge in [0.15, 0.2) is 5.16 Å². The van der Waals surface area contributed by atoms with E-state index in [-0.39, 0.29) is 23.5 Å². The van der Waals surface area contributed by atoms with Gasteiger partial charge in [-0.3, -0.25) is 19.1 Å². The lowest BCUT2D eigenvalue weighted by Crippen LogP contribution is -2.39. The molecule has 1 saturated heterocycles. The molecule has 1 atom stereocenters. The average Bonchev–Trinajstić information content (AvgIpc) is 3.14. The summed E-state index contributed by atoms with van der Waals surface area (Å²) in [7, 11) is 0. The Hall–Kier alpha value is -2.35. The second-order valence-corrected chi connectivity index (χ2v) is 8.67. The first-order chi connectivity index (χ1) is 13.6. The summed E-state index contributed by atoms with van der Waals surface area (Å²) in [5.74, 6) is -0.252. The second kappa shape index (κ2) is 7.95. The van der Waals surface area contributed by atoms with Gasteiger partial charge in [-0.1, -0.05) is 43.2 Å². The zero-order valence-corrected chi connectivity index (χ0v) is 16.7. The van der Waals surface area contributed by atoms with Crippen LogP contribution in [0.2, 0.25) is 0 Å². The van der Waals surface area contributed by atoms with Gasteiger partial charge in [0.1, 0.15) is 0 Å². The van der Waals surface area contributed by atoms with Crippen molar-refractivity contribution in [1.29, 1.82) is 0 Å². The molecule has 1 aromatic carbocycles. The van der Waals surface area contributed by atoms with Crippen LogP contribution in [0, 0.1) is 0 Å². The first-order valence-electron chi connectivity index (χ1n) is 9.83. The number of benzene rings is 1. The van der Waals surface area contributed by atoms with E-state index in [0.717, 1.165) is 25.7 Å². The highest BCUT2D eigenvalue weighted by molar-refractivity contribution is 8.00. The van der Waals surface area contributed by atoms with Gasteiger partial charge in [-0.25, -0.2) is 9.78 Å². The predicted molar refractivity (Wildman–Crippen MR) is 109 cm³/mol. The molecule has 7 nitrogen and oxygen atoms in total. The van der Waals surface area contributed by atoms with E-state index < -0.39 is 5.25 Å². The summed E-state index contributed by atoms with van der Waals surface area (Å²) in [6, 6.07) is 7.10. The van der Waals surface area contributed by atoms with Crippen LogP contribution in [0.4, 0.5) is 4.79 Å². The van der Waals surface area contributed by atoms with E-state index in [0.29, 0.717) is 29.1 Å². The molecule has 4 rings (SSSR count). The number of nitrogens with zero attached hydrogens (tertiary/aromatic N) is 3. The summed E-state index contributed by atoms with van der Waals surface area (Å²) in [6.07, 6.45) is 5.27.